The summed E-state index contributed by atoms with van der Waals surface area (Å²) < 4.78 is 10.7. The van der Waals surface area contributed by atoms with Crippen molar-refractivity contribution in [2.75, 3.05) is 12.4 Å². The maximum Gasteiger partial charge on any atom is 0.265 e. The minimum atomic E-state index is -0.584. The quantitative estimate of drug-likeness (QED) is 0.915. The van der Waals surface area contributed by atoms with Gasteiger partial charge in [0.1, 0.15) is 11.5 Å². The van der Waals surface area contributed by atoms with E-state index in [2.05, 4.69) is 5.32 Å². The fraction of sp³-hybridized carbons (Fsp3) is 0.235. The molecule has 0 radical (unpaired) electrons. The van der Waals surface area contributed by atoms with Crippen LogP contribution in [0, 0.1) is 6.92 Å². The van der Waals surface area contributed by atoms with Gasteiger partial charge in [-0.25, -0.2) is 0 Å². The minimum absolute atomic E-state index is 0.184. The van der Waals surface area contributed by atoms with Gasteiger partial charge in [0.2, 0.25) is 0 Å². The Kier molecular flexibility index (Phi) is 4.82. The number of rotatable bonds is 5. The molecule has 0 aliphatic carbocycles. The van der Waals surface area contributed by atoms with Crippen molar-refractivity contribution in [2.45, 2.75) is 20.0 Å². The second-order valence-corrected chi connectivity index (χ2v) is 4.79. The molecular weight excluding hydrogens is 266 g/mol. The molecule has 4 nitrogen and oxygen atoms in total. The van der Waals surface area contributed by atoms with Gasteiger partial charge in [0.25, 0.3) is 5.91 Å². The van der Waals surface area contributed by atoms with Crippen LogP contribution in [-0.2, 0) is 4.79 Å². The number of nitrogens with one attached hydrogen (secondary N) is 1. The summed E-state index contributed by atoms with van der Waals surface area (Å²) in [6.45, 7) is 3.70. The van der Waals surface area contributed by atoms with Gasteiger partial charge in [0.05, 0.1) is 7.11 Å². The lowest BCUT2D eigenvalue weighted by Gasteiger charge is -2.15. The summed E-state index contributed by atoms with van der Waals surface area (Å²) in [6, 6.07) is 14.8. The number of amides is 1. The molecule has 2 rings (SSSR count). The first kappa shape index (κ1) is 14.9. The highest BCUT2D eigenvalue weighted by molar-refractivity contribution is 5.94. The molecule has 21 heavy (non-hydrogen) atoms. The topological polar surface area (TPSA) is 47.6 Å². The van der Waals surface area contributed by atoms with Gasteiger partial charge in [-0.2, -0.15) is 0 Å². The summed E-state index contributed by atoms with van der Waals surface area (Å²) in [5.41, 5.74) is 1.86. The van der Waals surface area contributed by atoms with E-state index in [9.17, 15) is 4.79 Å². The molecule has 0 saturated heterocycles. The summed E-state index contributed by atoms with van der Waals surface area (Å²) in [5, 5.41) is 2.84. The van der Waals surface area contributed by atoms with Gasteiger partial charge in [0, 0.05) is 5.69 Å². The zero-order valence-electron chi connectivity index (χ0n) is 12.4. The fourth-order valence-electron chi connectivity index (χ4n) is 1.88. The Morgan fingerprint density at radius 2 is 1.76 bits per heavy atom. The molecule has 4 heteroatoms. The zero-order valence-corrected chi connectivity index (χ0v) is 12.4. The first-order chi connectivity index (χ1) is 10.1. The third kappa shape index (κ3) is 4.24. The van der Waals surface area contributed by atoms with Gasteiger partial charge in [-0.1, -0.05) is 12.1 Å². The third-order valence-corrected chi connectivity index (χ3v) is 3.03. The van der Waals surface area contributed by atoms with Crippen molar-refractivity contribution in [3.05, 3.63) is 54.1 Å². The first-order valence-corrected chi connectivity index (χ1v) is 6.77. The van der Waals surface area contributed by atoms with Crippen LogP contribution in [0.1, 0.15) is 12.5 Å². The van der Waals surface area contributed by atoms with E-state index in [4.69, 9.17) is 9.47 Å². The molecule has 0 aliphatic heterocycles. The van der Waals surface area contributed by atoms with Crippen LogP contribution in [0.5, 0.6) is 11.5 Å². The molecule has 0 bridgehead atoms. The molecule has 0 spiro atoms. The van der Waals surface area contributed by atoms with Crippen molar-refractivity contribution in [1.29, 1.82) is 0 Å². The van der Waals surface area contributed by atoms with E-state index >= 15 is 0 Å². The molecule has 1 N–H and O–H groups in total. The first-order valence-electron chi connectivity index (χ1n) is 6.77. The molecule has 1 amide bonds. The molecule has 1 atom stereocenters. The van der Waals surface area contributed by atoms with E-state index in [1.54, 1.807) is 38.3 Å². The Hall–Kier alpha value is -2.49. The van der Waals surface area contributed by atoms with E-state index in [1.165, 1.54) is 0 Å². The fourth-order valence-corrected chi connectivity index (χ4v) is 1.88. The SMILES string of the molecule is COc1ccc(OC(C)C(=O)Nc2cccc(C)c2)cc1. The molecule has 0 fully saturated rings. The minimum Gasteiger partial charge on any atom is -0.497 e. The highest BCUT2D eigenvalue weighted by Gasteiger charge is 2.14. The Labute approximate surface area is 124 Å². The maximum atomic E-state index is 12.1. The highest BCUT2D eigenvalue weighted by Crippen LogP contribution is 2.18. The number of anilines is 1. The molecule has 0 heterocycles. The zero-order chi connectivity index (χ0) is 15.2. The van der Waals surface area contributed by atoms with Crippen molar-refractivity contribution >= 4 is 11.6 Å². The second kappa shape index (κ2) is 6.79. The van der Waals surface area contributed by atoms with Crippen molar-refractivity contribution in [2.24, 2.45) is 0 Å². The third-order valence-electron chi connectivity index (χ3n) is 3.03. The largest absolute Gasteiger partial charge is 0.497 e. The monoisotopic (exact) mass is 285 g/mol. The highest BCUT2D eigenvalue weighted by atomic mass is 16.5. The van der Waals surface area contributed by atoms with E-state index in [0.29, 0.717) is 5.75 Å². The van der Waals surface area contributed by atoms with E-state index < -0.39 is 6.10 Å². The predicted molar refractivity (Wildman–Crippen MR) is 82.9 cm³/mol. The van der Waals surface area contributed by atoms with Gasteiger partial charge < -0.3 is 14.8 Å². The van der Waals surface area contributed by atoms with Gasteiger partial charge in [-0.05, 0) is 55.8 Å². The average molecular weight is 285 g/mol. The van der Waals surface area contributed by atoms with Crippen LogP contribution in [-0.4, -0.2) is 19.1 Å². The van der Waals surface area contributed by atoms with Crippen molar-refractivity contribution < 1.29 is 14.3 Å². The maximum absolute atomic E-state index is 12.1. The summed E-state index contributed by atoms with van der Waals surface area (Å²) in [6.07, 6.45) is -0.584. The lowest BCUT2D eigenvalue weighted by molar-refractivity contribution is -0.122. The lowest BCUT2D eigenvalue weighted by Crippen LogP contribution is -2.30. The normalized spacial score (nSPS) is 11.6. The van der Waals surface area contributed by atoms with Crippen LogP contribution < -0.4 is 14.8 Å². The molecule has 1 unspecified atom stereocenters. The summed E-state index contributed by atoms with van der Waals surface area (Å²) in [5.74, 6) is 1.19. The van der Waals surface area contributed by atoms with Crippen LogP contribution in [0.3, 0.4) is 0 Å². The second-order valence-electron chi connectivity index (χ2n) is 4.79. The molecule has 2 aromatic rings. The number of ether oxygens (including phenoxy) is 2. The van der Waals surface area contributed by atoms with E-state index in [0.717, 1.165) is 17.0 Å². The summed E-state index contributed by atoms with van der Waals surface area (Å²) in [4.78, 5) is 12.1. The van der Waals surface area contributed by atoms with Crippen LogP contribution in [0.2, 0.25) is 0 Å². The van der Waals surface area contributed by atoms with Gasteiger partial charge in [-0.3, -0.25) is 4.79 Å². The number of aryl methyl sites for hydroxylation is 1. The molecule has 0 saturated carbocycles. The molecule has 0 aliphatic rings. The van der Waals surface area contributed by atoms with Crippen LogP contribution in [0.15, 0.2) is 48.5 Å². The number of hydrogen-bond donors (Lipinski definition) is 1. The molecule has 110 valence electrons. The van der Waals surface area contributed by atoms with Crippen LogP contribution in [0.25, 0.3) is 0 Å². The smallest absolute Gasteiger partial charge is 0.265 e. The number of benzene rings is 2. The van der Waals surface area contributed by atoms with Crippen LogP contribution >= 0.6 is 0 Å². The molecule has 0 aromatic heterocycles. The Balaban J connectivity index is 1.95. The lowest BCUT2D eigenvalue weighted by atomic mass is 10.2. The average Bonchev–Trinajstić information content (AvgIpc) is 2.48. The number of carbonyl (C=O) groups is 1. The molecule has 2 aromatic carbocycles. The van der Waals surface area contributed by atoms with Gasteiger partial charge >= 0.3 is 0 Å². The number of methoxy groups -OCH3 is 1. The van der Waals surface area contributed by atoms with E-state index in [-0.39, 0.29) is 5.91 Å². The molecular formula is C17H19NO3. The van der Waals surface area contributed by atoms with E-state index in [1.807, 2.05) is 31.2 Å². The Bertz CT molecular complexity index is 608. The van der Waals surface area contributed by atoms with Gasteiger partial charge in [-0.15, -0.1) is 0 Å². The van der Waals surface area contributed by atoms with Crippen molar-refractivity contribution in [1.82, 2.24) is 0 Å². The van der Waals surface area contributed by atoms with Crippen molar-refractivity contribution in [3.63, 3.8) is 0 Å². The van der Waals surface area contributed by atoms with Crippen LogP contribution in [0.4, 0.5) is 5.69 Å². The Morgan fingerprint density at radius 3 is 2.38 bits per heavy atom. The Morgan fingerprint density at radius 1 is 1.10 bits per heavy atom. The summed E-state index contributed by atoms with van der Waals surface area (Å²) >= 11 is 0. The van der Waals surface area contributed by atoms with Gasteiger partial charge in [0.15, 0.2) is 6.10 Å². The standard InChI is InChI=1S/C17H19NO3/c1-12-5-4-6-14(11-12)18-17(19)13(2)21-16-9-7-15(20-3)8-10-16/h4-11,13H,1-3H3,(H,18,19). The van der Waals surface area contributed by atoms with Crippen molar-refractivity contribution in [3.8, 4) is 11.5 Å². The predicted octanol–water partition coefficient (Wildman–Crippen LogP) is 3.41. The number of hydrogen-bond acceptors (Lipinski definition) is 3. The number of carbonyl (C=O) groups excluding carboxylic acids is 1. The summed E-state index contributed by atoms with van der Waals surface area (Å²) in [7, 11) is 1.60.